The smallest absolute Gasteiger partial charge is 0.248 e. The summed E-state index contributed by atoms with van der Waals surface area (Å²) in [6.45, 7) is 1.82. The molecule has 0 aromatic heterocycles. The number of rotatable bonds is 5. The van der Waals surface area contributed by atoms with Crippen molar-refractivity contribution in [1.29, 1.82) is 0 Å². The summed E-state index contributed by atoms with van der Waals surface area (Å²) in [5.41, 5.74) is 1.30. The number of carbonyl (C=O) groups excluding carboxylic acids is 1. The SMILES string of the molecule is Cc1ccc(S(=O)(=O)[C@@H]2CCCC[C@H]2C(=O)N(C)C2CCC(F)(F)CC2)c(-c2ccccc2F)c1. The number of hydrogen-bond acceptors (Lipinski definition) is 3. The fourth-order valence-corrected chi connectivity index (χ4v) is 7.77. The van der Waals surface area contributed by atoms with Crippen molar-refractivity contribution in [1.82, 2.24) is 4.90 Å². The van der Waals surface area contributed by atoms with Crippen LogP contribution in [0.1, 0.15) is 56.9 Å². The second-order valence-electron chi connectivity index (χ2n) is 9.99. The summed E-state index contributed by atoms with van der Waals surface area (Å²) in [6.07, 6.45) is 2.04. The van der Waals surface area contributed by atoms with E-state index in [2.05, 4.69) is 0 Å². The molecule has 2 atom stereocenters. The highest BCUT2D eigenvalue weighted by atomic mass is 32.2. The number of benzene rings is 2. The van der Waals surface area contributed by atoms with Crippen molar-refractivity contribution >= 4 is 15.7 Å². The number of hydrogen-bond donors (Lipinski definition) is 0. The standard InChI is InChI=1S/C27H32F3NO3S/c1-18-11-12-25(22(17-18)20-7-3-5-9-23(20)28)35(33,34)24-10-6-4-8-21(24)26(32)31(2)19-13-15-27(29,30)16-14-19/h3,5,7,9,11-12,17,19,21,24H,4,6,8,10,13-16H2,1-2H3/t21-,24-/m1/s1. The predicted octanol–water partition coefficient (Wildman–Crippen LogP) is 6.17. The van der Waals surface area contributed by atoms with Gasteiger partial charge in [0.1, 0.15) is 5.82 Å². The molecular formula is C27H32F3NO3S. The Balaban J connectivity index is 1.67. The number of aryl methyl sites for hydroxylation is 1. The van der Waals surface area contributed by atoms with E-state index in [1.54, 1.807) is 37.4 Å². The van der Waals surface area contributed by atoms with Crippen LogP contribution >= 0.6 is 0 Å². The van der Waals surface area contributed by atoms with Gasteiger partial charge in [0.05, 0.1) is 16.1 Å². The van der Waals surface area contributed by atoms with Crippen LogP contribution in [0.3, 0.4) is 0 Å². The minimum absolute atomic E-state index is 0.0258. The highest BCUT2D eigenvalue weighted by Crippen LogP contribution is 2.40. The van der Waals surface area contributed by atoms with Crippen LogP contribution in [0.2, 0.25) is 0 Å². The summed E-state index contributed by atoms with van der Waals surface area (Å²) in [5.74, 6) is -4.27. The largest absolute Gasteiger partial charge is 0.342 e. The fourth-order valence-electron chi connectivity index (χ4n) is 5.55. The van der Waals surface area contributed by atoms with E-state index in [0.717, 1.165) is 12.0 Å². The van der Waals surface area contributed by atoms with E-state index < -0.39 is 32.7 Å². The second-order valence-corrected chi connectivity index (χ2v) is 12.1. The van der Waals surface area contributed by atoms with Crippen LogP contribution < -0.4 is 0 Å². The Morgan fingerprint density at radius 3 is 2.31 bits per heavy atom. The molecule has 4 rings (SSSR count). The zero-order chi connectivity index (χ0) is 25.4. The van der Waals surface area contributed by atoms with Gasteiger partial charge in [-0.05, 0) is 44.7 Å². The lowest BCUT2D eigenvalue weighted by Gasteiger charge is -2.39. The zero-order valence-electron chi connectivity index (χ0n) is 20.1. The highest BCUT2D eigenvalue weighted by molar-refractivity contribution is 7.92. The van der Waals surface area contributed by atoms with Crippen LogP contribution in [0, 0.1) is 18.7 Å². The van der Waals surface area contributed by atoms with Crippen LogP contribution in [0.5, 0.6) is 0 Å². The molecular weight excluding hydrogens is 475 g/mol. The van der Waals surface area contributed by atoms with Crippen LogP contribution in [0.15, 0.2) is 47.4 Å². The summed E-state index contributed by atoms with van der Waals surface area (Å²) < 4.78 is 70.0. The Bertz CT molecular complexity index is 1190. The normalized spacial score (nSPS) is 23.1. The molecule has 2 aliphatic carbocycles. The number of nitrogens with zero attached hydrogens (tertiary/aromatic N) is 1. The molecule has 0 N–H and O–H groups in total. The number of carbonyl (C=O) groups is 1. The molecule has 8 heteroatoms. The average Bonchev–Trinajstić information content (AvgIpc) is 2.83. The average molecular weight is 508 g/mol. The monoisotopic (exact) mass is 507 g/mol. The molecule has 35 heavy (non-hydrogen) atoms. The number of alkyl halides is 2. The van der Waals surface area contributed by atoms with E-state index in [4.69, 9.17) is 0 Å². The molecule has 0 spiro atoms. The van der Waals surface area contributed by atoms with Crippen LogP contribution in [0.25, 0.3) is 11.1 Å². The molecule has 2 fully saturated rings. The van der Waals surface area contributed by atoms with Gasteiger partial charge in [-0.1, -0.05) is 48.7 Å². The molecule has 4 nitrogen and oxygen atoms in total. The zero-order valence-corrected chi connectivity index (χ0v) is 21.0. The summed E-state index contributed by atoms with van der Waals surface area (Å²) in [5, 5.41) is -0.940. The Kier molecular flexibility index (Phi) is 7.32. The van der Waals surface area contributed by atoms with Crippen LogP contribution in [0.4, 0.5) is 13.2 Å². The van der Waals surface area contributed by atoms with Crippen LogP contribution in [-0.4, -0.2) is 43.5 Å². The van der Waals surface area contributed by atoms with Gasteiger partial charge in [-0.3, -0.25) is 4.79 Å². The molecule has 0 bridgehead atoms. The molecule has 190 valence electrons. The van der Waals surface area contributed by atoms with Crippen molar-refractivity contribution < 1.29 is 26.4 Å². The van der Waals surface area contributed by atoms with E-state index in [9.17, 15) is 26.4 Å². The lowest BCUT2D eigenvalue weighted by Crippen LogP contribution is -2.48. The molecule has 0 heterocycles. The molecule has 2 aliphatic rings. The van der Waals surface area contributed by atoms with Crippen molar-refractivity contribution in [2.24, 2.45) is 5.92 Å². The number of halogens is 3. The fraction of sp³-hybridized carbons (Fsp3) is 0.519. The Morgan fingerprint density at radius 1 is 0.971 bits per heavy atom. The van der Waals surface area contributed by atoms with Crippen molar-refractivity contribution in [2.75, 3.05) is 7.05 Å². The highest BCUT2D eigenvalue weighted by Gasteiger charge is 2.44. The van der Waals surface area contributed by atoms with Crippen molar-refractivity contribution in [2.45, 2.75) is 80.4 Å². The minimum atomic E-state index is -3.99. The minimum Gasteiger partial charge on any atom is -0.342 e. The van der Waals surface area contributed by atoms with Gasteiger partial charge in [-0.2, -0.15) is 0 Å². The van der Waals surface area contributed by atoms with Gasteiger partial charge < -0.3 is 4.90 Å². The maximum atomic E-state index is 14.7. The molecule has 1 amide bonds. The number of sulfone groups is 1. The summed E-state index contributed by atoms with van der Waals surface area (Å²) in [7, 11) is -2.38. The molecule has 0 saturated heterocycles. The van der Waals surface area contributed by atoms with Gasteiger partial charge in [0.15, 0.2) is 9.84 Å². The van der Waals surface area contributed by atoms with Gasteiger partial charge in [0.25, 0.3) is 0 Å². The third kappa shape index (κ3) is 5.27. The van der Waals surface area contributed by atoms with Crippen molar-refractivity contribution in [3.8, 4) is 11.1 Å². The van der Waals surface area contributed by atoms with Gasteiger partial charge in [0, 0.05) is 37.1 Å². The first-order valence-electron chi connectivity index (χ1n) is 12.3. The predicted molar refractivity (Wildman–Crippen MR) is 129 cm³/mol. The van der Waals surface area contributed by atoms with E-state index in [1.807, 2.05) is 6.92 Å². The molecule has 0 radical (unpaired) electrons. The van der Waals surface area contributed by atoms with Gasteiger partial charge in [-0.25, -0.2) is 21.6 Å². The Hall–Kier alpha value is -2.35. The van der Waals surface area contributed by atoms with Crippen molar-refractivity contribution in [3.63, 3.8) is 0 Å². The van der Waals surface area contributed by atoms with Gasteiger partial charge >= 0.3 is 0 Å². The quantitative estimate of drug-likeness (QED) is 0.486. The second kappa shape index (κ2) is 9.96. The summed E-state index contributed by atoms with van der Waals surface area (Å²) in [4.78, 5) is 15.1. The third-order valence-electron chi connectivity index (χ3n) is 7.61. The van der Waals surface area contributed by atoms with Crippen molar-refractivity contribution in [3.05, 3.63) is 53.8 Å². The lowest BCUT2D eigenvalue weighted by atomic mass is 9.86. The number of amides is 1. The molecule has 0 aliphatic heterocycles. The van der Waals surface area contributed by atoms with E-state index >= 15 is 0 Å². The summed E-state index contributed by atoms with van der Waals surface area (Å²) in [6, 6.07) is 10.6. The molecule has 2 aromatic carbocycles. The molecule has 0 unspecified atom stereocenters. The van der Waals surface area contributed by atoms with Gasteiger partial charge in [0.2, 0.25) is 11.8 Å². The first-order valence-corrected chi connectivity index (χ1v) is 13.8. The van der Waals surface area contributed by atoms with E-state index in [1.165, 1.54) is 17.0 Å². The first-order chi connectivity index (χ1) is 16.5. The maximum Gasteiger partial charge on any atom is 0.248 e. The first kappa shape index (κ1) is 25.7. The topological polar surface area (TPSA) is 54.5 Å². The third-order valence-corrected chi connectivity index (χ3v) is 9.94. The molecule has 2 saturated carbocycles. The Labute approximate surface area is 205 Å². The van der Waals surface area contributed by atoms with Crippen LogP contribution in [-0.2, 0) is 14.6 Å². The summed E-state index contributed by atoms with van der Waals surface area (Å²) >= 11 is 0. The lowest BCUT2D eigenvalue weighted by molar-refractivity contribution is -0.140. The maximum absolute atomic E-state index is 14.7. The van der Waals surface area contributed by atoms with E-state index in [-0.39, 0.29) is 48.1 Å². The van der Waals surface area contributed by atoms with E-state index in [0.29, 0.717) is 24.8 Å². The molecule has 2 aromatic rings. The Morgan fingerprint density at radius 2 is 1.63 bits per heavy atom. The van der Waals surface area contributed by atoms with Gasteiger partial charge in [-0.15, -0.1) is 0 Å².